The average molecular weight is 481 g/mol. The Balaban J connectivity index is 1.12. The summed E-state index contributed by atoms with van der Waals surface area (Å²) in [6.07, 6.45) is 1.59. The Kier molecular flexibility index (Phi) is 5.68. The van der Waals surface area contributed by atoms with Crippen molar-refractivity contribution in [3.63, 3.8) is 0 Å². The molecule has 3 aromatic carbocycles. The summed E-state index contributed by atoms with van der Waals surface area (Å²) < 4.78 is 0. The van der Waals surface area contributed by atoms with Gasteiger partial charge in [0.05, 0.1) is 12.2 Å². The van der Waals surface area contributed by atoms with Gasteiger partial charge >= 0.3 is 12.1 Å². The molecule has 1 unspecified atom stereocenters. The number of nitrogens with zero attached hydrogens (tertiary/aromatic N) is 3. The van der Waals surface area contributed by atoms with E-state index in [1.165, 1.54) is 10.5 Å². The van der Waals surface area contributed by atoms with E-state index in [0.717, 1.165) is 24.0 Å². The normalized spacial score (nSPS) is 23.3. The minimum atomic E-state index is -0.614. The number of carbonyl (C=O) groups excluding carboxylic acids is 3. The van der Waals surface area contributed by atoms with Crippen LogP contribution in [-0.4, -0.2) is 64.4 Å². The van der Waals surface area contributed by atoms with Crippen molar-refractivity contribution in [1.29, 1.82) is 0 Å². The Labute approximate surface area is 210 Å². The number of hydrogen-bond donors (Lipinski definition) is 1. The second-order valence-corrected chi connectivity index (χ2v) is 9.72. The molecule has 6 rings (SSSR count). The van der Waals surface area contributed by atoms with E-state index in [4.69, 9.17) is 0 Å². The number of anilines is 1. The SMILES string of the molecule is O=C(Nc1ccccc1-c1ccccc1)N1CCN2C(=O)N(C3CC(c4ccccc4)C3)C(=O)C2C1. The molecule has 0 radical (unpaired) electrons. The molecule has 36 heavy (non-hydrogen) atoms. The summed E-state index contributed by atoms with van der Waals surface area (Å²) in [5.41, 5.74) is 3.92. The van der Waals surface area contributed by atoms with Crippen LogP contribution in [0, 0.1) is 0 Å². The maximum atomic E-state index is 13.3. The Morgan fingerprint density at radius 1 is 0.806 bits per heavy atom. The van der Waals surface area contributed by atoms with E-state index >= 15 is 0 Å². The highest BCUT2D eigenvalue weighted by Gasteiger charge is 2.53. The molecule has 3 aromatic rings. The van der Waals surface area contributed by atoms with Crippen molar-refractivity contribution in [2.75, 3.05) is 25.0 Å². The molecule has 182 valence electrons. The molecule has 2 heterocycles. The number of benzene rings is 3. The Morgan fingerprint density at radius 2 is 1.47 bits per heavy atom. The summed E-state index contributed by atoms with van der Waals surface area (Å²) in [5, 5.41) is 3.02. The molecule has 3 aliphatic rings. The third-order valence-corrected chi connectivity index (χ3v) is 7.64. The fourth-order valence-electron chi connectivity index (χ4n) is 5.59. The molecule has 0 aromatic heterocycles. The second kappa shape index (κ2) is 9.15. The lowest BCUT2D eigenvalue weighted by molar-refractivity contribution is -0.131. The first-order valence-corrected chi connectivity index (χ1v) is 12.5. The van der Waals surface area contributed by atoms with Crippen molar-refractivity contribution in [1.82, 2.24) is 14.7 Å². The van der Waals surface area contributed by atoms with Gasteiger partial charge in [0, 0.05) is 24.7 Å². The quantitative estimate of drug-likeness (QED) is 0.546. The molecule has 7 nitrogen and oxygen atoms in total. The number of rotatable bonds is 4. The number of fused-ring (bicyclic) bond motifs is 1. The number of piperazine rings is 1. The monoisotopic (exact) mass is 480 g/mol. The van der Waals surface area contributed by atoms with Crippen molar-refractivity contribution in [3.05, 3.63) is 90.5 Å². The van der Waals surface area contributed by atoms with E-state index in [2.05, 4.69) is 17.4 Å². The minimum Gasteiger partial charge on any atom is -0.320 e. The van der Waals surface area contributed by atoms with Crippen molar-refractivity contribution >= 4 is 23.7 Å². The largest absolute Gasteiger partial charge is 0.327 e. The number of para-hydroxylation sites is 1. The zero-order valence-corrected chi connectivity index (χ0v) is 19.9. The number of hydrogen-bond acceptors (Lipinski definition) is 3. The lowest BCUT2D eigenvalue weighted by Gasteiger charge is -2.40. The number of carbonyl (C=O) groups is 3. The number of amides is 5. The zero-order chi connectivity index (χ0) is 24.6. The highest BCUT2D eigenvalue weighted by atomic mass is 16.2. The maximum absolute atomic E-state index is 13.3. The molecule has 3 fully saturated rings. The molecule has 7 heteroatoms. The number of nitrogens with one attached hydrogen (secondary N) is 1. The lowest BCUT2D eigenvalue weighted by atomic mass is 9.75. The topological polar surface area (TPSA) is 73.0 Å². The van der Waals surface area contributed by atoms with Crippen LogP contribution in [0.25, 0.3) is 11.1 Å². The first-order valence-electron chi connectivity index (χ1n) is 12.5. The number of urea groups is 2. The van der Waals surface area contributed by atoms with Crippen LogP contribution in [0.1, 0.15) is 24.3 Å². The molecule has 1 aliphatic carbocycles. The Morgan fingerprint density at radius 3 is 2.22 bits per heavy atom. The van der Waals surface area contributed by atoms with Gasteiger partial charge in [-0.25, -0.2) is 9.59 Å². The highest BCUT2D eigenvalue weighted by Crippen LogP contribution is 2.42. The Hall–Kier alpha value is -4.13. The zero-order valence-electron chi connectivity index (χ0n) is 19.9. The predicted octanol–water partition coefficient (Wildman–Crippen LogP) is 4.78. The molecule has 0 bridgehead atoms. The van der Waals surface area contributed by atoms with Crippen LogP contribution in [0.5, 0.6) is 0 Å². The van der Waals surface area contributed by atoms with Gasteiger partial charge in [0.15, 0.2) is 0 Å². The average Bonchev–Trinajstić information content (AvgIpc) is 3.14. The first kappa shape index (κ1) is 22.3. The van der Waals surface area contributed by atoms with E-state index in [1.807, 2.05) is 72.8 Å². The molecule has 1 N–H and O–H groups in total. The van der Waals surface area contributed by atoms with Crippen molar-refractivity contribution in [2.45, 2.75) is 30.8 Å². The van der Waals surface area contributed by atoms with Crippen LogP contribution in [0.15, 0.2) is 84.9 Å². The lowest BCUT2D eigenvalue weighted by Crippen LogP contribution is -2.55. The van der Waals surface area contributed by atoms with Gasteiger partial charge in [-0.05, 0) is 36.0 Å². The third-order valence-electron chi connectivity index (χ3n) is 7.64. The molecule has 1 saturated carbocycles. The van der Waals surface area contributed by atoms with Crippen molar-refractivity contribution in [3.8, 4) is 11.1 Å². The van der Waals surface area contributed by atoms with Gasteiger partial charge in [0.2, 0.25) is 0 Å². The van der Waals surface area contributed by atoms with Crippen molar-refractivity contribution in [2.24, 2.45) is 0 Å². The molecule has 5 amide bonds. The summed E-state index contributed by atoms with van der Waals surface area (Å²) in [6, 6.07) is 26.7. The summed E-state index contributed by atoms with van der Waals surface area (Å²) in [4.78, 5) is 44.3. The van der Waals surface area contributed by atoms with Gasteiger partial charge < -0.3 is 15.1 Å². The third kappa shape index (κ3) is 3.90. The van der Waals surface area contributed by atoms with Crippen LogP contribution in [0.3, 0.4) is 0 Å². The van der Waals surface area contributed by atoms with E-state index in [1.54, 1.807) is 9.80 Å². The van der Waals surface area contributed by atoms with E-state index in [-0.39, 0.29) is 30.6 Å². The van der Waals surface area contributed by atoms with Gasteiger partial charge in [0.1, 0.15) is 6.04 Å². The van der Waals surface area contributed by atoms with Crippen molar-refractivity contribution < 1.29 is 14.4 Å². The summed E-state index contributed by atoms with van der Waals surface area (Å²) in [5.74, 6) is 0.195. The highest BCUT2D eigenvalue weighted by molar-refractivity contribution is 6.05. The fourth-order valence-corrected chi connectivity index (χ4v) is 5.59. The van der Waals surface area contributed by atoms with Gasteiger partial charge in [0.25, 0.3) is 5.91 Å². The van der Waals surface area contributed by atoms with Gasteiger partial charge in [-0.3, -0.25) is 9.69 Å². The molecule has 2 aliphatic heterocycles. The first-order chi connectivity index (χ1) is 17.6. The molecular formula is C29H28N4O3. The van der Waals surface area contributed by atoms with E-state index in [0.29, 0.717) is 24.7 Å². The maximum Gasteiger partial charge on any atom is 0.327 e. The van der Waals surface area contributed by atoms with Gasteiger partial charge in [-0.2, -0.15) is 0 Å². The van der Waals surface area contributed by atoms with Crippen LogP contribution in [0.4, 0.5) is 15.3 Å². The van der Waals surface area contributed by atoms with Crippen LogP contribution >= 0.6 is 0 Å². The van der Waals surface area contributed by atoms with Crippen LogP contribution in [-0.2, 0) is 4.79 Å². The fraction of sp³-hybridized carbons (Fsp3) is 0.276. The standard InChI is InChI=1S/C29H28N4O3/c34-27-26-19-31(28(35)30-25-14-8-7-13-24(25)21-11-5-2-6-12-21)15-16-32(26)29(36)33(27)23-17-22(18-23)20-9-3-1-4-10-20/h1-14,22-23,26H,15-19H2,(H,30,35). The minimum absolute atomic E-state index is 0.0687. The van der Waals surface area contributed by atoms with Gasteiger partial charge in [-0.1, -0.05) is 78.9 Å². The molecular weight excluding hydrogens is 452 g/mol. The molecule has 1 atom stereocenters. The summed E-state index contributed by atoms with van der Waals surface area (Å²) in [7, 11) is 0. The van der Waals surface area contributed by atoms with E-state index in [9.17, 15) is 14.4 Å². The molecule has 2 saturated heterocycles. The predicted molar refractivity (Wildman–Crippen MR) is 137 cm³/mol. The van der Waals surface area contributed by atoms with Crippen LogP contribution in [0.2, 0.25) is 0 Å². The smallest absolute Gasteiger partial charge is 0.320 e. The van der Waals surface area contributed by atoms with E-state index < -0.39 is 6.04 Å². The van der Waals surface area contributed by atoms with Gasteiger partial charge in [-0.15, -0.1) is 0 Å². The summed E-state index contributed by atoms with van der Waals surface area (Å²) >= 11 is 0. The molecule has 0 spiro atoms. The second-order valence-electron chi connectivity index (χ2n) is 9.72. The summed E-state index contributed by atoms with van der Waals surface area (Å²) in [6.45, 7) is 0.948. The van der Waals surface area contributed by atoms with Crippen LogP contribution < -0.4 is 5.32 Å². The Bertz CT molecular complexity index is 1290. The number of imide groups is 1.